The lowest BCUT2D eigenvalue weighted by molar-refractivity contribution is 0.0947. The van der Waals surface area contributed by atoms with Crippen molar-refractivity contribution in [2.45, 2.75) is 6.54 Å². The molecular weight excluding hydrogens is 283 g/mol. The molecule has 0 unspecified atom stereocenters. The van der Waals surface area contributed by atoms with Gasteiger partial charge in [0.2, 0.25) is 0 Å². The Labute approximate surface area is 126 Å². The number of hydrogen-bond acceptors (Lipinski definition) is 3. The molecule has 0 spiro atoms. The lowest BCUT2D eigenvalue weighted by atomic mass is 10.2. The quantitative estimate of drug-likeness (QED) is 0.804. The van der Waals surface area contributed by atoms with Gasteiger partial charge in [0.1, 0.15) is 18.0 Å². The van der Waals surface area contributed by atoms with Crippen molar-refractivity contribution in [3.05, 3.63) is 78.3 Å². The van der Waals surface area contributed by atoms with Crippen LogP contribution in [-0.2, 0) is 6.54 Å². The normalized spacial score (nSPS) is 10.4. The zero-order valence-electron chi connectivity index (χ0n) is 11.6. The fourth-order valence-corrected chi connectivity index (χ4v) is 2.10. The zero-order valence-corrected chi connectivity index (χ0v) is 11.6. The number of benzene rings is 1. The van der Waals surface area contributed by atoms with Crippen LogP contribution in [0.4, 0.5) is 4.39 Å². The maximum Gasteiger partial charge on any atom is 0.254 e. The Hall–Kier alpha value is -3.02. The van der Waals surface area contributed by atoms with Crippen LogP contribution in [0.15, 0.2) is 61.3 Å². The van der Waals surface area contributed by atoms with Crippen molar-refractivity contribution in [2.75, 3.05) is 0 Å². The Bertz CT molecular complexity index is 786. The molecule has 110 valence electrons. The van der Waals surface area contributed by atoms with Crippen LogP contribution in [0, 0.1) is 5.82 Å². The van der Waals surface area contributed by atoms with Gasteiger partial charge in [-0.25, -0.2) is 14.4 Å². The standard InChI is InChI=1S/C16H13FN4O/c17-14-6-2-1-5-13(14)16(22)20-10-12-4-3-7-19-15(12)21-9-8-18-11-21/h1-9,11H,10H2,(H,20,22). The van der Waals surface area contributed by atoms with Gasteiger partial charge in [-0.3, -0.25) is 9.36 Å². The second-order valence-electron chi connectivity index (χ2n) is 4.62. The van der Waals surface area contributed by atoms with Gasteiger partial charge in [0.25, 0.3) is 5.91 Å². The number of imidazole rings is 1. The number of rotatable bonds is 4. The first-order valence-corrected chi connectivity index (χ1v) is 6.70. The summed E-state index contributed by atoms with van der Waals surface area (Å²) in [5.41, 5.74) is 0.834. The molecule has 0 aliphatic carbocycles. The van der Waals surface area contributed by atoms with Crippen molar-refractivity contribution >= 4 is 5.91 Å². The van der Waals surface area contributed by atoms with E-state index in [4.69, 9.17) is 0 Å². The Morgan fingerprint density at radius 1 is 1.18 bits per heavy atom. The van der Waals surface area contributed by atoms with Crippen LogP contribution in [-0.4, -0.2) is 20.4 Å². The van der Waals surface area contributed by atoms with E-state index in [9.17, 15) is 9.18 Å². The molecule has 2 aromatic heterocycles. The molecule has 0 aliphatic heterocycles. The number of amides is 1. The van der Waals surface area contributed by atoms with Gasteiger partial charge < -0.3 is 5.32 Å². The third-order valence-corrected chi connectivity index (χ3v) is 3.17. The highest BCUT2D eigenvalue weighted by Gasteiger charge is 2.12. The number of nitrogens with one attached hydrogen (secondary N) is 1. The van der Waals surface area contributed by atoms with E-state index in [0.717, 1.165) is 5.56 Å². The molecule has 0 saturated carbocycles. The Kier molecular flexibility index (Phi) is 3.91. The molecule has 1 aromatic carbocycles. The minimum absolute atomic E-state index is 0.0237. The number of carbonyl (C=O) groups excluding carboxylic acids is 1. The predicted molar refractivity (Wildman–Crippen MR) is 78.9 cm³/mol. The summed E-state index contributed by atoms with van der Waals surface area (Å²) < 4.78 is 15.3. The molecule has 0 fully saturated rings. The predicted octanol–water partition coefficient (Wildman–Crippen LogP) is 2.34. The smallest absolute Gasteiger partial charge is 0.254 e. The average Bonchev–Trinajstić information content (AvgIpc) is 3.07. The molecule has 6 heteroatoms. The summed E-state index contributed by atoms with van der Waals surface area (Å²) in [5.74, 6) is -0.326. The summed E-state index contributed by atoms with van der Waals surface area (Å²) in [5, 5.41) is 2.71. The summed E-state index contributed by atoms with van der Waals surface area (Å²) in [4.78, 5) is 20.3. The number of halogens is 1. The van der Waals surface area contributed by atoms with Gasteiger partial charge in [-0.05, 0) is 18.2 Å². The molecular formula is C16H13FN4O. The molecule has 22 heavy (non-hydrogen) atoms. The van der Waals surface area contributed by atoms with Gasteiger partial charge in [-0.1, -0.05) is 18.2 Å². The van der Waals surface area contributed by atoms with Crippen molar-refractivity contribution in [3.63, 3.8) is 0 Å². The van der Waals surface area contributed by atoms with Crippen LogP contribution in [0.1, 0.15) is 15.9 Å². The average molecular weight is 296 g/mol. The largest absolute Gasteiger partial charge is 0.348 e. The van der Waals surface area contributed by atoms with Gasteiger partial charge in [-0.2, -0.15) is 0 Å². The fraction of sp³-hybridized carbons (Fsp3) is 0.0625. The Morgan fingerprint density at radius 3 is 2.82 bits per heavy atom. The third kappa shape index (κ3) is 2.85. The second kappa shape index (κ2) is 6.17. The molecule has 0 radical (unpaired) electrons. The van der Waals surface area contributed by atoms with E-state index in [0.29, 0.717) is 5.82 Å². The SMILES string of the molecule is O=C(NCc1cccnc1-n1ccnc1)c1ccccc1F. The summed E-state index contributed by atoms with van der Waals surface area (Å²) in [7, 11) is 0. The van der Waals surface area contributed by atoms with Crippen molar-refractivity contribution in [1.82, 2.24) is 19.9 Å². The van der Waals surface area contributed by atoms with Crippen molar-refractivity contribution in [2.24, 2.45) is 0 Å². The van der Waals surface area contributed by atoms with Crippen LogP contribution in [0.2, 0.25) is 0 Å². The van der Waals surface area contributed by atoms with Crippen LogP contribution in [0.5, 0.6) is 0 Å². The maximum atomic E-state index is 13.6. The number of pyridine rings is 1. The van der Waals surface area contributed by atoms with Crippen molar-refractivity contribution in [1.29, 1.82) is 0 Å². The van der Waals surface area contributed by atoms with Gasteiger partial charge in [0.15, 0.2) is 0 Å². The molecule has 0 aliphatic rings. The van der Waals surface area contributed by atoms with Crippen LogP contribution in [0.25, 0.3) is 5.82 Å². The third-order valence-electron chi connectivity index (χ3n) is 3.17. The Balaban J connectivity index is 1.78. The van der Waals surface area contributed by atoms with E-state index in [-0.39, 0.29) is 12.1 Å². The first kappa shape index (κ1) is 13.9. The fourth-order valence-electron chi connectivity index (χ4n) is 2.10. The van der Waals surface area contributed by atoms with E-state index in [1.165, 1.54) is 12.1 Å². The lowest BCUT2D eigenvalue weighted by Crippen LogP contribution is -2.24. The molecule has 1 N–H and O–H groups in total. The summed E-state index contributed by atoms with van der Waals surface area (Å²) in [6.07, 6.45) is 6.71. The zero-order chi connectivity index (χ0) is 15.4. The van der Waals surface area contributed by atoms with Crippen LogP contribution in [0.3, 0.4) is 0 Å². The molecule has 3 aromatic rings. The molecule has 0 atom stereocenters. The van der Waals surface area contributed by atoms with Crippen molar-refractivity contribution in [3.8, 4) is 5.82 Å². The Morgan fingerprint density at radius 2 is 2.05 bits per heavy atom. The molecule has 3 rings (SSSR count). The van der Waals surface area contributed by atoms with Gasteiger partial charge in [-0.15, -0.1) is 0 Å². The number of aromatic nitrogens is 3. The maximum absolute atomic E-state index is 13.6. The molecule has 2 heterocycles. The number of hydrogen-bond donors (Lipinski definition) is 1. The van der Waals surface area contributed by atoms with E-state index >= 15 is 0 Å². The summed E-state index contributed by atoms with van der Waals surface area (Å²) in [6.45, 7) is 0.245. The summed E-state index contributed by atoms with van der Waals surface area (Å²) in [6, 6.07) is 9.51. The monoisotopic (exact) mass is 296 g/mol. The highest BCUT2D eigenvalue weighted by Crippen LogP contribution is 2.11. The van der Waals surface area contributed by atoms with E-state index in [1.807, 2.05) is 6.07 Å². The highest BCUT2D eigenvalue weighted by molar-refractivity contribution is 5.94. The van der Waals surface area contributed by atoms with Gasteiger partial charge in [0.05, 0.1) is 5.56 Å². The minimum atomic E-state index is -0.541. The van der Waals surface area contributed by atoms with Gasteiger partial charge in [0, 0.05) is 30.7 Å². The van der Waals surface area contributed by atoms with E-state index in [1.54, 1.807) is 47.7 Å². The molecule has 5 nitrogen and oxygen atoms in total. The van der Waals surface area contributed by atoms with E-state index in [2.05, 4.69) is 15.3 Å². The number of carbonyl (C=O) groups is 1. The van der Waals surface area contributed by atoms with Crippen molar-refractivity contribution < 1.29 is 9.18 Å². The highest BCUT2D eigenvalue weighted by atomic mass is 19.1. The lowest BCUT2D eigenvalue weighted by Gasteiger charge is -2.10. The molecule has 0 saturated heterocycles. The number of nitrogens with zero attached hydrogens (tertiary/aromatic N) is 3. The van der Waals surface area contributed by atoms with Crippen LogP contribution >= 0.6 is 0 Å². The topological polar surface area (TPSA) is 59.8 Å². The van der Waals surface area contributed by atoms with Gasteiger partial charge >= 0.3 is 0 Å². The van der Waals surface area contributed by atoms with Crippen LogP contribution < -0.4 is 5.32 Å². The second-order valence-corrected chi connectivity index (χ2v) is 4.62. The minimum Gasteiger partial charge on any atom is -0.348 e. The first-order chi connectivity index (χ1) is 10.8. The first-order valence-electron chi connectivity index (χ1n) is 6.70. The van der Waals surface area contributed by atoms with E-state index < -0.39 is 11.7 Å². The molecule has 0 bridgehead atoms. The molecule has 1 amide bonds. The summed E-state index contributed by atoms with van der Waals surface area (Å²) >= 11 is 0.